The Morgan fingerprint density at radius 3 is 2.65 bits per heavy atom. The molecule has 3 amide bonds. The van der Waals surface area contributed by atoms with Crippen molar-refractivity contribution in [2.45, 2.75) is 58.0 Å². The zero-order valence-corrected chi connectivity index (χ0v) is 27.7. The molecule has 0 unspecified atom stereocenters. The number of hydrogen-bond donors (Lipinski definition) is 2. The summed E-state index contributed by atoms with van der Waals surface area (Å²) >= 11 is 0. The molecule has 2 N–H and O–H groups in total. The van der Waals surface area contributed by atoms with Gasteiger partial charge in [-0.3, -0.25) is 23.9 Å². The summed E-state index contributed by atoms with van der Waals surface area (Å²) in [6.07, 6.45) is 4.67. The van der Waals surface area contributed by atoms with Crippen molar-refractivity contribution < 1.29 is 33.1 Å². The maximum Gasteiger partial charge on any atom is 0.258 e. The number of Topliss-reactive ketones (excluding diaryl/α,β-unsaturated/α-hetero) is 1. The van der Waals surface area contributed by atoms with Crippen LogP contribution >= 0.6 is 0 Å². The van der Waals surface area contributed by atoms with Crippen LogP contribution in [0.25, 0.3) is 0 Å². The highest BCUT2D eigenvalue weighted by Crippen LogP contribution is 2.32. The minimum absolute atomic E-state index is 0.0962. The average Bonchev–Trinajstić information content (AvgIpc) is 3.71. The second kappa shape index (κ2) is 15.2. The summed E-state index contributed by atoms with van der Waals surface area (Å²) in [5.41, 5.74) is 2.42. The van der Waals surface area contributed by atoms with Gasteiger partial charge in [0.05, 0.1) is 36.1 Å². The molecule has 13 heteroatoms. The van der Waals surface area contributed by atoms with Gasteiger partial charge in [-0.1, -0.05) is 41.6 Å². The molecule has 13 nitrogen and oxygen atoms in total. The fourth-order valence-electron chi connectivity index (χ4n) is 6.29. The van der Waals surface area contributed by atoms with E-state index in [4.69, 9.17) is 13.9 Å². The van der Waals surface area contributed by atoms with Gasteiger partial charge in [0.25, 0.3) is 11.8 Å². The Balaban J connectivity index is 1.29. The third-order valence-corrected chi connectivity index (χ3v) is 8.78. The molecule has 6 rings (SSSR count). The number of carbonyl (C=O) groups is 4. The first-order valence-electron chi connectivity index (χ1n) is 16.6. The van der Waals surface area contributed by atoms with E-state index in [0.29, 0.717) is 67.2 Å². The zero-order valence-electron chi connectivity index (χ0n) is 27.7. The molecule has 4 aromatic rings. The predicted molar refractivity (Wildman–Crippen MR) is 178 cm³/mol. The summed E-state index contributed by atoms with van der Waals surface area (Å²) in [5.74, 6) is 0.274. The van der Waals surface area contributed by atoms with Crippen LogP contribution in [0.3, 0.4) is 0 Å². The molecule has 1 aliphatic heterocycles. The van der Waals surface area contributed by atoms with Crippen molar-refractivity contribution in [1.82, 2.24) is 30.5 Å². The fraction of sp³-hybridized carbons (Fsp3) is 0.389. The molecule has 0 fully saturated rings. The van der Waals surface area contributed by atoms with Gasteiger partial charge in [0.1, 0.15) is 17.6 Å². The number of nitrogens with one attached hydrogen (secondary N) is 2. The first-order chi connectivity index (χ1) is 23.8. The van der Waals surface area contributed by atoms with E-state index in [0.717, 1.165) is 5.56 Å². The minimum atomic E-state index is -0.935. The summed E-state index contributed by atoms with van der Waals surface area (Å²) in [4.78, 5) is 56.1. The number of methoxy groups -OCH3 is 1. The molecule has 1 aliphatic carbocycles. The smallest absolute Gasteiger partial charge is 0.258 e. The van der Waals surface area contributed by atoms with Crippen LogP contribution in [0.4, 0.5) is 0 Å². The van der Waals surface area contributed by atoms with E-state index in [1.807, 2.05) is 36.5 Å². The van der Waals surface area contributed by atoms with Crippen molar-refractivity contribution >= 4 is 23.5 Å². The van der Waals surface area contributed by atoms with Crippen molar-refractivity contribution in [3.63, 3.8) is 0 Å². The summed E-state index contributed by atoms with van der Waals surface area (Å²) in [5, 5.41) is 14.4. The number of para-hydroxylation sites is 1. The molecule has 3 heterocycles. The normalized spacial score (nSPS) is 17.7. The van der Waals surface area contributed by atoms with E-state index in [1.54, 1.807) is 34.7 Å². The van der Waals surface area contributed by atoms with Crippen LogP contribution in [0.1, 0.15) is 73.1 Å². The van der Waals surface area contributed by atoms with Gasteiger partial charge in [-0.15, -0.1) is 5.10 Å². The lowest BCUT2D eigenvalue weighted by atomic mass is 9.93. The van der Waals surface area contributed by atoms with Crippen LogP contribution in [-0.4, -0.2) is 82.8 Å². The third-order valence-electron chi connectivity index (χ3n) is 8.78. The average molecular weight is 669 g/mol. The quantitative estimate of drug-likeness (QED) is 0.333. The Bertz CT molecular complexity index is 1830. The second-order valence-corrected chi connectivity index (χ2v) is 12.2. The third kappa shape index (κ3) is 7.66. The number of rotatable bonds is 4. The molecular weight excluding hydrogens is 628 g/mol. The Kier molecular flexibility index (Phi) is 10.4. The summed E-state index contributed by atoms with van der Waals surface area (Å²) in [6, 6.07) is 13.5. The Hall–Kier alpha value is -5.46. The first-order valence-corrected chi connectivity index (χ1v) is 16.6. The lowest BCUT2D eigenvalue weighted by Gasteiger charge is -2.24. The Labute approximate surface area is 283 Å². The predicted octanol–water partition coefficient (Wildman–Crippen LogP) is 3.33. The van der Waals surface area contributed by atoms with Crippen molar-refractivity contribution in [1.29, 1.82) is 0 Å². The van der Waals surface area contributed by atoms with Gasteiger partial charge < -0.3 is 29.4 Å². The summed E-state index contributed by atoms with van der Waals surface area (Å²) in [6.45, 7) is 2.98. The number of amides is 3. The van der Waals surface area contributed by atoms with E-state index < -0.39 is 17.9 Å². The van der Waals surface area contributed by atoms with Gasteiger partial charge in [0, 0.05) is 64.5 Å². The van der Waals surface area contributed by atoms with Crippen LogP contribution in [0.5, 0.6) is 11.5 Å². The molecule has 2 aliphatic rings. The summed E-state index contributed by atoms with van der Waals surface area (Å²) in [7, 11) is 1.50. The van der Waals surface area contributed by atoms with Gasteiger partial charge in [0.15, 0.2) is 17.3 Å². The van der Waals surface area contributed by atoms with Crippen LogP contribution in [0, 0.1) is 6.92 Å². The standard InChI is InChI=1S/C36H40N6O7/c1-23-31(32-28(43)12-7-13-29(32)49-23)36(46)41-18-15-25-22-42(40-39-25)17-8-20-48-33-26(11-6-14-30(33)47-2)34(44)38-27(35(45)37-16-19-41)21-24-9-4-3-5-10-24/h3-6,9-11,14,22,27H,7-8,12-13,15-21H2,1-2H3,(H,37,45)(H,38,44)/t27-/m0/s1. The Morgan fingerprint density at radius 2 is 1.84 bits per heavy atom. The van der Waals surface area contributed by atoms with Crippen molar-refractivity contribution in [2.75, 3.05) is 33.4 Å². The molecule has 49 heavy (non-hydrogen) atoms. The van der Waals surface area contributed by atoms with Crippen molar-refractivity contribution in [3.8, 4) is 11.5 Å². The number of ether oxygens (including phenoxy) is 2. The molecule has 2 aromatic carbocycles. The van der Waals surface area contributed by atoms with E-state index in [9.17, 15) is 19.2 Å². The van der Waals surface area contributed by atoms with Crippen molar-refractivity contribution in [3.05, 3.63) is 94.2 Å². The van der Waals surface area contributed by atoms with E-state index in [1.165, 1.54) is 7.11 Å². The van der Waals surface area contributed by atoms with Crippen LogP contribution in [0.15, 0.2) is 59.1 Å². The van der Waals surface area contributed by atoms with E-state index >= 15 is 0 Å². The summed E-state index contributed by atoms with van der Waals surface area (Å²) < 4.78 is 19.2. The number of fused-ring (bicyclic) bond motifs is 4. The second-order valence-electron chi connectivity index (χ2n) is 12.2. The number of hydrogen-bond acceptors (Lipinski definition) is 9. The Morgan fingerprint density at radius 1 is 1.00 bits per heavy atom. The minimum Gasteiger partial charge on any atom is -0.493 e. The molecule has 0 saturated heterocycles. The number of carbonyl (C=O) groups excluding carboxylic acids is 4. The van der Waals surface area contributed by atoms with Crippen molar-refractivity contribution in [2.24, 2.45) is 0 Å². The highest BCUT2D eigenvalue weighted by molar-refractivity contribution is 6.10. The zero-order chi connectivity index (χ0) is 34.3. The number of aromatic nitrogens is 3. The van der Waals surface area contributed by atoms with E-state index in [-0.39, 0.29) is 61.2 Å². The fourth-order valence-corrected chi connectivity index (χ4v) is 6.29. The number of benzene rings is 2. The molecular formula is C36H40N6O7. The van der Waals surface area contributed by atoms with Crippen LogP contribution in [-0.2, 0) is 30.6 Å². The largest absolute Gasteiger partial charge is 0.493 e. The van der Waals surface area contributed by atoms with Crippen LogP contribution in [0.2, 0.25) is 0 Å². The maximum absolute atomic E-state index is 14.1. The molecule has 0 saturated carbocycles. The highest BCUT2D eigenvalue weighted by atomic mass is 16.5. The maximum atomic E-state index is 14.1. The van der Waals surface area contributed by atoms with Gasteiger partial charge in [-0.2, -0.15) is 0 Å². The lowest BCUT2D eigenvalue weighted by Crippen LogP contribution is -2.50. The molecule has 256 valence electrons. The van der Waals surface area contributed by atoms with Crippen LogP contribution < -0.4 is 20.1 Å². The van der Waals surface area contributed by atoms with E-state index in [2.05, 4.69) is 20.9 Å². The lowest BCUT2D eigenvalue weighted by molar-refractivity contribution is -0.123. The molecule has 1 atom stereocenters. The number of furan rings is 1. The molecule has 2 aromatic heterocycles. The highest BCUT2D eigenvalue weighted by Gasteiger charge is 2.33. The molecule has 0 radical (unpaired) electrons. The molecule has 2 bridgehead atoms. The van der Waals surface area contributed by atoms with Gasteiger partial charge >= 0.3 is 0 Å². The number of ketones is 1. The monoisotopic (exact) mass is 668 g/mol. The first kappa shape index (κ1) is 33.4. The SMILES string of the molecule is COc1cccc2c1OCCCn1cc(nn1)CCN(C(=O)c1c(C)oc3c1C(=O)CCC3)CCNC(=O)[C@H](Cc1ccccc1)NC2=O. The number of nitrogens with zero attached hydrogens (tertiary/aromatic N) is 4. The molecule has 0 spiro atoms. The topological polar surface area (TPSA) is 158 Å². The van der Waals surface area contributed by atoms with Gasteiger partial charge in [-0.05, 0) is 31.0 Å². The van der Waals surface area contributed by atoms with Gasteiger partial charge in [-0.25, -0.2) is 0 Å². The number of aryl methyl sites for hydroxylation is 3. The van der Waals surface area contributed by atoms with Gasteiger partial charge in [0.2, 0.25) is 5.91 Å².